The quantitative estimate of drug-likeness (QED) is 0.665. The summed E-state index contributed by atoms with van der Waals surface area (Å²) < 4.78 is 8.73. The topological polar surface area (TPSA) is 82.2 Å². The summed E-state index contributed by atoms with van der Waals surface area (Å²) in [6.07, 6.45) is 0.763. The van der Waals surface area contributed by atoms with Gasteiger partial charge in [-0.3, -0.25) is 19.0 Å². The van der Waals surface area contributed by atoms with Crippen LogP contribution in [0.5, 0.6) is 0 Å². The normalized spacial score (nSPS) is 18.0. The monoisotopic (exact) mass is 401 g/mol. The standard InChI is InChI=1S/C21H31N5O3/c1-8-29-21(28)17-9-16(17)10-26(11-18-12(2)22-24(6)14(18)4)20(27)19-13(3)23-25(7)15(19)5/h16-17H,8-11H2,1-7H3/t16-,17-/m1/s1. The van der Waals surface area contributed by atoms with Gasteiger partial charge in [-0.15, -0.1) is 0 Å². The highest BCUT2D eigenvalue weighted by Crippen LogP contribution is 2.40. The third kappa shape index (κ3) is 4.06. The van der Waals surface area contributed by atoms with Crippen LogP contribution in [0, 0.1) is 39.5 Å². The molecule has 3 rings (SSSR count). The number of rotatable bonds is 7. The van der Waals surface area contributed by atoms with E-state index in [1.807, 2.05) is 58.3 Å². The van der Waals surface area contributed by atoms with Crippen molar-refractivity contribution >= 4 is 11.9 Å². The van der Waals surface area contributed by atoms with Crippen LogP contribution in [-0.4, -0.2) is 49.5 Å². The van der Waals surface area contributed by atoms with Crippen LogP contribution in [0.4, 0.5) is 0 Å². The van der Waals surface area contributed by atoms with Gasteiger partial charge in [-0.1, -0.05) is 0 Å². The molecule has 0 radical (unpaired) electrons. The molecule has 2 atom stereocenters. The van der Waals surface area contributed by atoms with Gasteiger partial charge in [0.25, 0.3) is 5.91 Å². The van der Waals surface area contributed by atoms with Crippen LogP contribution in [0.1, 0.15) is 52.0 Å². The molecule has 0 aromatic carbocycles. The van der Waals surface area contributed by atoms with Gasteiger partial charge in [0.05, 0.1) is 29.5 Å². The minimum absolute atomic E-state index is 0.0507. The van der Waals surface area contributed by atoms with Gasteiger partial charge >= 0.3 is 5.97 Å². The lowest BCUT2D eigenvalue weighted by molar-refractivity contribution is -0.145. The molecule has 1 fully saturated rings. The predicted molar refractivity (Wildman–Crippen MR) is 108 cm³/mol. The predicted octanol–water partition coefficient (Wildman–Crippen LogP) is 2.23. The summed E-state index contributed by atoms with van der Waals surface area (Å²) in [5.41, 5.74) is 5.21. The minimum atomic E-state index is -0.160. The molecular weight excluding hydrogens is 370 g/mol. The van der Waals surface area contributed by atoms with E-state index in [0.29, 0.717) is 25.3 Å². The summed E-state index contributed by atoms with van der Waals surface area (Å²) in [6, 6.07) is 0. The fourth-order valence-corrected chi connectivity index (χ4v) is 3.97. The Morgan fingerprint density at radius 2 is 1.69 bits per heavy atom. The number of hydrogen-bond donors (Lipinski definition) is 0. The second kappa shape index (κ2) is 8.00. The Labute approximate surface area is 171 Å². The van der Waals surface area contributed by atoms with Gasteiger partial charge in [0.1, 0.15) is 0 Å². The molecule has 0 aliphatic heterocycles. The number of aryl methyl sites for hydroxylation is 4. The van der Waals surface area contributed by atoms with E-state index in [4.69, 9.17) is 4.74 Å². The Balaban J connectivity index is 1.87. The summed E-state index contributed by atoms with van der Waals surface area (Å²) in [4.78, 5) is 27.4. The molecule has 2 aromatic heterocycles. The van der Waals surface area contributed by atoms with Crippen molar-refractivity contribution in [3.8, 4) is 0 Å². The van der Waals surface area contributed by atoms with Crippen LogP contribution in [0.2, 0.25) is 0 Å². The fourth-order valence-electron chi connectivity index (χ4n) is 3.97. The van der Waals surface area contributed by atoms with Gasteiger partial charge in [-0.25, -0.2) is 0 Å². The van der Waals surface area contributed by atoms with Crippen molar-refractivity contribution in [2.45, 2.75) is 47.6 Å². The van der Waals surface area contributed by atoms with Crippen molar-refractivity contribution in [3.05, 3.63) is 33.9 Å². The number of carbonyl (C=O) groups excluding carboxylic acids is 2. The van der Waals surface area contributed by atoms with Gasteiger partial charge in [-0.05, 0) is 47.0 Å². The number of hydrogen-bond acceptors (Lipinski definition) is 5. The first-order chi connectivity index (χ1) is 13.6. The maximum atomic E-state index is 13.5. The van der Waals surface area contributed by atoms with Crippen molar-refractivity contribution in [2.75, 3.05) is 13.2 Å². The number of amides is 1. The molecule has 158 valence electrons. The van der Waals surface area contributed by atoms with Crippen LogP contribution in [0.3, 0.4) is 0 Å². The molecule has 0 spiro atoms. The van der Waals surface area contributed by atoms with E-state index in [9.17, 15) is 9.59 Å². The average molecular weight is 402 g/mol. The molecule has 2 heterocycles. The van der Waals surface area contributed by atoms with E-state index in [2.05, 4.69) is 10.2 Å². The molecule has 1 aliphatic carbocycles. The molecule has 8 nitrogen and oxygen atoms in total. The van der Waals surface area contributed by atoms with Gasteiger partial charge < -0.3 is 9.64 Å². The molecule has 1 amide bonds. The van der Waals surface area contributed by atoms with E-state index < -0.39 is 0 Å². The van der Waals surface area contributed by atoms with Crippen molar-refractivity contribution in [1.82, 2.24) is 24.5 Å². The SMILES string of the molecule is CCOC(=O)[C@@H]1C[C@@H]1CN(Cc1c(C)nn(C)c1C)C(=O)c1c(C)nn(C)c1C. The first kappa shape index (κ1) is 21.1. The first-order valence-corrected chi connectivity index (χ1v) is 10.1. The molecule has 1 aliphatic rings. The second-order valence-corrected chi connectivity index (χ2v) is 7.98. The number of ether oxygens (including phenoxy) is 1. The molecule has 0 bridgehead atoms. The highest BCUT2D eigenvalue weighted by molar-refractivity contribution is 5.96. The summed E-state index contributed by atoms with van der Waals surface area (Å²) in [5.74, 6) is -0.192. The Bertz CT molecular complexity index is 943. The van der Waals surface area contributed by atoms with Gasteiger partial charge in [0.15, 0.2) is 0 Å². The smallest absolute Gasteiger partial charge is 0.309 e. The molecule has 0 unspecified atom stereocenters. The van der Waals surface area contributed by atoms with Gasteiger partial charge in [0.2, 0.25) is 0 Å². The minimum Gasteiger partial charge on any atom is -0.466 e. The summed E-state index contributed by atoms with van der Waals surface area (Å²) in [7, 11) is 3.75. The van der Waals surface area contributed by atoms with Crippen molar-refractivity contribution in [3.63, 3.8) is 0 Å². The molecule has 2 aromatic rings. The zero-order valence-corrected chi connectivity index (χ0v) is 18.4. The Hall–Kier alpha value is -2.64. The maximum Gasteiger partial charge on any atom is 0.309 e. The second-order valence-electron chi connectivity index (χ2n) is 7.98. The first-order valence-electron chi connectivity index (χ1n) is 10.1. The Morgan fingerprint density at radius 3 is 2.21 bits per heavy atom. The van der Waals surface area contributed by atoms with Crippen LogP contribution in [0.25, 0.3) is 0 Å². The van der Waals surface area contributed by atoms with Crippen molar-refractivity contribution in [1.29, 1.82) is 0 Å². The third-order valence-corrected chi connectivity index (χ3v) is 5.98. The zero-order chi connectivity index (χ0) is 21.5. The van der Waals surface area contributed by atoms with Crippen LogP contribution in [0.15, 0.2) is 0 Å². The summed E-state index contributed by atoms with van der Waals surface area (Å²) in [5, 5.41) is 8.89. The lowest BCUT2D eigenvalue weighted by Gasteiger charge is -2.23. The Kier molecular flexibility index (Phi) is 5.82. The highest BCUT2D eigenvalue weighted by atomic mass is 16.5. The molecule has 0 N–H and O–H groups in total. The molecule has 29 heavy (non-hydrogen) atoms. The third-order valence-electron chi connectivity index (χ3n) is 5.98. The highest BCUT2D eigenvalue weighted by Gasteiger charge is 2.45. The number of carbonyl (C=O) groups is 2. The molecule has 8 heteroatoms. The lowest BCUT2D eigenvalue weighted by Crippen LogP contribution is -2.34. The van der Waals surface area contributed by atoms with Crippen molar-refractivity contribution in [2.24, 2.45) is 25.9 Å². The van der Waals surface area contributed by atoms with Gasteiger partial charge in [-0.2, -0.15) is 10.2 Å². The van der Waals surface area contributed by atoms with E-state index >= 15 is 0 Å². The van der Waals surface area contributed by atoms with Crippen LogP contribution in [-0.2, 0) is 30.2 Å². The van der Waals surface area contributed by atoms with Crippen molar-refractivity contribution < 1.29 is 14.3 Å². The maximum absolute atomic E-state index is 13.5. The Morgan fingerprint density at radius 1 is 1.07 bits per heavy atom. The van der Waals surface area contributed by atoms with E-state index in [1.54, 1.807) is 4.68 Å². The van der Waals surface area contributed by atoms with E-state index in [-0.39, 0.29) is 23.7 Å². The molecule has 1 saturated carbocycles. The van der Waals surface area contributed by atoms with E-state index in [1.165, 1.54) is 0 Å². The lowest BCUT2D eigenvalue weighted by atomic mass is 10.1. The molecule has 0 saturated heterocycles. The van der Waals surface area contributed by atoms with Crippen LogP contribution >= 0.6 is 0 Å². The number of aromatic nitrogens is 4. The number of esters is 1. The largest absolute Gasteiger partial charge is 0.466 e. The molecular formula is C21H31N5O3. The summed E-state index contributed by atoms with van der Waals surface area (Å²) in [6.45, 7) is 10.9. The number of nitrogens with zero attached hydrogens (tertiary/aromatic N) is 5. The van der Waals surface area contributed by atoms with Gasteiger partial charge in [0, 0.05) is 44.1 Å². The fraction of sp³-hybridized carbons (Fsp3) is 0.619. The van der Waals surface area contributed by atoms with Crippen LogP contribution < -0.4 is 0 Å². The zero-order valence-electron chi connectivity index (χ0n) is 18.4. The summed E-state index contributed by atoms with van der Waals surface area (Å²) >= 11 is 0. The average Bonchev–Trinajstić information content (AvgIpc) is 3.32. The van der Waals surface area contributed by atoms with E-state index in [0.717, 1.165) is 34.8 Å².